The molecule has 0 amide bonds. The first-order valence-electron chi connectivity index (χ1n) is 2.19. The summed E-state index contributed by atoms with van der Waals surface area (Å²) < 4.78 is 25.8. The molecule has 0 unspecified atom stereocenters. The van der Waals surface area contributed by atoms with Crippen molar-refractivity contribution in [2.24, 2.45) is 0 Å². The van der Waals surface area contributed by atoms with Crippen LogP contribution >= 0.6 is 0 Å². The molecule has 0 saturated heterocycles. The van der Waals surface area contributed by atoms with Crippen molar-refractivity contribution in [1.82, 2.24) is 0 Å². The Balaban J connectivity index is 0. The van der Waals surface area contributed by atoms with Crippen LogP contribution in [0.15, 0.2) is 0 Å². The molecular weight excluding hydrogens is 298 g/mol. The standard InChI is InChI=1S/C4H10O.3O.Re/c1-4(2,3)5;;;;/h5H,1-3H3;;;;. The van der Waals surface area contributed by atoms with E-state index in [2.05, 4.69) is 0 Å². The van der Waals surface area contributed by atoms with Gasteiger partial charge < -0.3 is 5.11 Å². The van der Waals surface area contributed by atoms with E-state index in [1.165, 1.54) is 0 Å². The maximum absolute atomic E-state index is 8.60. The van der Waals surface area contributed by atoms with Gasteiger partial charge in [0.05, 0.1) is 5.60 Å². The van der Waals surface area contributed by atoms with Crippen LogP contribution in [-0.2, 0) is 27.0 Å². The molecule has 9 heavy (non-hydrogen) atoms. The summed E-state index contributed by atoms with van der Waals surface area (Å²) in [6, 6.07) is 0. The van der Waals surface area contributed by atoms with Crippen molar-refractivity contribution >= 4 is 0 Å². The Morgan fingerprint density at radius 3 is 1.11 bits per heavy atom. The summed E-state index contributed by atoms with van der Waals surface area (Å²) in [4.78, 5) is 0. The first-order chi connectivity index (χ1) is 3.73. The molecule has 1 N–H and O–H groups in total. The summed E-state index contributed by atoms with van der Waals surface area (Å²) in [7, 11) is 0. The molecule has 0 heterocycles. The molecule has 0 aromatic carbocycles. The van der Waals surface area contributed by atoms with Crippen molar-refractivity contribution in [3.63, 3.8) is 0 Å². The Bertz CT molecular complexity index is 134. The SMILES string of the molecule is CC(C)(C)O.[O]=[Re](=[O])=[O]. The van der Waals surface area contributed by atoms with Crippen LogP contribution in [0.2, 0.25) is 0 Å². The molecule has 0 radical (unpaired) electrons. The molecule has 0 spiro atoms. The third kappa shape index (κ3) is 583000. The van der Waals surface area contributed by atoms with E-state index in [0.717, 1.165) is 0 Å². The molecule has 0 rings (SSSR count). The van der Waals surface area contributed by atoms with Gasteiger partial charge in [0.2, 0.25) is 0 Å². The number of aliphatic hydroxyl groups is 1. The van der Waals surface area contributed by atoms with Crippen molar-refractivity contribution in [2.45, 2.75) is 26.4 Å². The Morgan fingerprint density at radius 1 is 1.11 bits per heavy atom. The summed E-state index contributed by atoms with van der Waals surface area (Å²) >= 11 is -4.21. The average Bonchev–Trinajstić information content (AvgIpc) is 1.19. The molecule has 4 nitrogen and oxygen atoms in total. The van der Waals surface area contributed by atoms with E-state index in [1.54, 1.807) is 20.8 Å². The Hall–Kier alpha value is 0.0223. The van der Waals surface area contributed by atoms with Gasteiger partial charge in [0, 0.05) is 0 Å². The van der Waals surface area contributed by atoms with Gasteiger partial charge in [0.1, 0.15) is 0 Å². The van der Waals surface area contributed by atoms with Gasteiger partial charge in [-0.2, -0.15) is 0 Å². The van der Waals surface area contributed by atoms with E-state index in [1.807, 2.05) is 0 Å². The van der Waals surface area contributed by atoms with Crippen LogP contribution in [0, 0.1) is 0 Å². The molecule has 0 saturated carbocycles. The summed E-state index contributed by atoms with van der Waals surface area (Å²) in [5.41, 5.74) is -0.500. The third-order valence-electron chi connectivity index (χ3n) is 0. The number of rotatable bonds is 0. The van der Waals surface area contributed by atoms with Crippen molar-refractivity contribution in [3.8, 4) is 0 Å². The number of hydrogen-bond donors (Lipinski definition) is 1. The Morgan fingerprint density at radius 2 is 1.11 bits per heavy atom. The molecular formula is C4H10O4Re. The van der Waals surface area contributed by atoms with Crippen molar-refractivity contribution in [3.05, 3.63) is 0 Å². The third-order valence-corrected chi connectivity index (χ3v) is 0. The minimum atomic E-state index is -4.21. The first kappa shape index (κ1) is 11.8. The van der Waals surface area contributed by atoms with Crippen LogP contribution in [0.25, 0.3) is 0 Å². The zero-order chi connectivity index (χ0) is 8.08. The van der Waals surface area contributed by atoms with Crippen molar-refractivity contribution in [1.29, 1.82) is 0 Å². The molecule has 0 fully saturated rings. The van der Waals surface area contributed by atoms with E-state index >= 15 is 0 Å². The summed E-state index contributed by atoms with van der Waals surface area (Å²) in [6.45, 7) is 5.23. The van der Waals surface area contributed by atoms with Gasteiger partial charge in [-0.1, -0.05) is 0 Å². The summed E-state index contributed by atoms with van der Waals surface area (Å²) in [5.74, 6) is 0. The van der Waals surface area contributed by atoms with Crippen molar-refractivity contribution < 1.29 is 32.1 Å². The van der Waals surface area contributed by atoms with Crippen LogP contribution in [0.4, 0.5) is 0 Å². The van der Waals surface area contributed by atoms with Gasteiger partial charge in [0.25, 0.3) is 0 Å². The molecule has 0 bridgehead atoms. The van der Waals surface area contributed by atoms with Gasteiger partial charge in [-0.25, -0.2) is 0 Å². The van der Waals surface area contributed by atoms with Crippen LogP contribution in [0.3, 0.4) is 0 Å². The average molecular weight is 308 g/mol. The quantitative estimate of drug-likeness (QED) is 0.704. The van der Waals surface area contributed by atoms with Crippen LogP contribution < -0.4 is 0 Å². The summed E-state index contributed by atoms with van der Waals surface area (Å²) in [5, 5.41) is 8.52. The fourth-order valence-electron chi connectivity index (χ4n) is 0. The fourth-order valence-corrected chi connectivity index (χ4v) is 0. The molecule has 5 heteroatoms. The molecule has 0 aliphatic heterocycles. The van der Waals surface area contributed by atoms with Gasteiger partial charge in [0.15, 0.2) is 0 Å². The summed E-state index contributed by atoms with van der Waals surface area (Å²) in [6.07, 6.45) is 0. The first-order valence-corrected chi connectivity index (χ1v) is 5.51. The molecule has 0 aromatic heterocycles. The minimum absolute atomic E-state index is 0.500. The second-order valence-corrected chi connectivity index (χ2v) is 3.72. The predicted molar refractivity (Wildman–Crippen MR) is 24.0 cm³/mol. The van der Waals surface area contributed by atoms with Gasteiger partial charge in [-0.05, 0) is 20.8 Å². The van der Waals surface area contributed by atoms with E-state index in [0.29, 0.717) is 0 Å². The fraction of sp³-hybridized carbons (Fsp3) is 1.00. The molecule has 0 atom stereocenters. The van der Waals surface area contributed by atoms with Crippen LogP contribution in [0.1, 0.15) is 20.8 Å². The second-order valence-electron chi connectivity index (χ2n) is 2.36. The molecule has 0 aromatic rings. The Kier molecular flexibility index (Phi) is 6.36. The van der Waals surface area contributed by atoms with E-state index in [4.69, 9.17) is 15.5 Å². The topological polar surface area (TPSA) is 71.4 Å². The van der Waals surface area contributed by atoms with Gasteiger partial charge in [-0.15, -0.1) is 0 Å². The molecule has 0 aliphatic carbocycles. The monoisotopic (exact) mass is 309 g/mol. The second kappa shape index (κ2) is 4.86. The normalized spacial score (nSPS) is 9.33. The van der Waals surface area contributed by atoms with Crippen molar-refractivity contribution in [2.75, 3.05) is 0 Å². The van der Waals surface area contributed by atoms with Gasteiger partial charge in [-0.3, -0.25) is 0 Å². The van der Waals surface area contributed by atoms with Gasteiger partial charge >= 0.3 is 27.0 Å². The van der Waals surface area contributed by atoms with E-state index in [-0.39, 0.29) is 0 Å². The number of hydrogen-bond acceptors (Lipinski definition) is 4. The van der Waals surface area contributed by atoms with E-state index < -0.39 is 22.2 Å². The van der Waals surface area contributed by atoms with Crippen LogP contribution in [0.5, 0.6) is 0 Å². The zero-order valence-corrected chi connectivity index (χ0v) is 8.27. The maximum atomic E-state index is 8.60. The Labute approximate surface area is 59.0 Å². The van der Waals surface area contributed by atoms with Crippen LogP contribution in [-0.4, -0.2) is 10.7 Å². The van der Waals surface area contributed by atoms with E-state index in [9.17, 15) is 0 Å². The predicted octanol–water partition coefficient (Wildman–Crippen LogP) is 0.418. The molecule has 57 valence electrons. The zero-order valence-electron chi connectivity index (χ0n) is 5.55. The molecule has 0 aliphatic rings.